The normalized spacial score (nSPS) is 12.7. The SMILES string of the molecule is CC(C)(C)OC(=O)n1c([Si](C)(C)O)cc2cc(Br)ccc21. The molecule has 0 fully saturated rings. The van der Waals surface area contributed by atoms with E-state index < -0.39 is 20.0 Å². The number of carbonyl (C=O) groups is 1. The molecule has 0 bridgehead atoms. The predicted octanol–water partition coefficient (Wildman–Crippen LogP) is 3.59. The molecule has 1 aromatic carbocycles. The van der Waals surface area contributed by atoms with Crippen molar-refractivity contribution in [2.45, 2.75) is 39.5 Å². The predicted molar refractivity (Wildman–Crippen MR) is 90.6 cm³/mol. The van der Waals surface area contributed by atoms with Gasteiger partial charge in [-0.05, 0) is 58.1 Å². The number of fused-ring (bicyclic) bond motifs is 1. The van der Waals surface area contributed by atoms with Crippen LogP contribution in [0.3, 0.4) is 0 Å². The fourth-order valence-electron chi connectivity index (χ4n) is 2.14. The number of aromatic nitrogens is 1. The molecular formula is C15H20BrNO3Si. The van der Waals surface area contributed by atoms with Gasteiger partial charge < -0.3 is 9.53 Å². The lowest BCUT2D eigenvalue weighted by Crippen LogP contribution is -2.48. The number of nitrogens with zero attached hydrogens (tertiary/aromatic N) is 1. The van der Waals surface area contributed by atoms with Crippen molar-refractivity contribution in [2.75, 3.05) is 0 Å². The van der Waals surface area contributed by atoms with E-state index in [2.05, 4.69) is 15.9 Å². The summed E-state index contributed by atoms with van der Waals surface area (Å²) in [4.78, 5) is 23.0. The first-order chi connectivity index (χ1) is 9.49. The molecule has 6 heteroatoms. The Labute approximate surface area is 134 Å². The maximum atomic E-state index is 12.5. The molecule has 0 amide bonds. The third-order valence-corrected chi connectivity index (χ3v) is 5.08. The highest BCUT2D eigenvalue weighted by molar-refractivity contribution is 9.10. The van der Waals surface area contributed by atoms with E-state index in [9.17, 15) is 9.59 Å². The minimum Gasteiger partial charge on any atom is -0.443 e. The van der Waals surface area contributed by atoms with E-state index in [-0.39, 0.29) is 0 Å². The van der Waals surface area contributed by atoms with Gasteiger partial charge in [-0.2, -0.15) is 0 Å². The van der Waals surface area contributed by atoms with Crippen molar-refractivity contribution in [3.63, 3.8) is 0 Å². The lowest BCUT2D eigenvalue weighted by Gasteiger charge is -2.23. The van der Waals surface area contributed by atoms with E-state index in [0.29, 0.717) is 5.32 Å². The third kappa shape index (κ3) is 3.56. The van der Waals surface area contributed by atoms with Crippen LogP contribution in [0.15, 0.2) is 28.7 Å². The highest BCUT2D eigenvalue weighted by Gasteiger charge is 2.30. The fourth-order valence-corrected chi connectivity index (χ4v) is 3.79. The van der Waals surface area contributed by atoms with Crippen LogP contribution in [0.4, 0.5) is 4.79 Å². The molecule has 21 heavy (non-hydrogen) atoms. The lowest BCUT2D eigenvalue weighted by atomic mass is 10.2. The summed E-state index contributed by atoms with van der Waals surface area (Å²) in [5.74, 6) is 0. The Morgan fingerprint density at radius 1 is 1.29 bits per heavy atom. The summed E-state index contributed by atoms with van der Waals surface area (Å²) in [6, 6.07) is 7.53. The standard InChI is InChI=1S/C15H20BrNO3Si/c1-15(2,3)20-14(18)17-12-7-6-11(16)8-10(12)9-13(17)21(4,5)19/h6-9,19H,1-5H3. The van der Waals surface area contributed by atoms with Crippen LogP contribution < -0.4 is 5.32 Å². The molecule has 2 aromatic rings. The number of hydrogen-bond acceptors (Lipinski definition) is 3. The fraction of sp³-hybridized carbons (Fsp3) is 0.400. The van der Waals surface area contributed by atoms with Crippen molar-refractivity contribution in [3.05, 3.63) is 28.7 Å². The van der Waals surface area contributed by atoms with Crippen LogP contribution in [0.2, 0.25) is 13.1 Å². The zero-order valence-electron chi connectivity index (χ0n) is 12.9. The number of halogens is 1. The van der Waals surface area contributed by atoms with Crippen LogP contribution in [-0.4, -0.2) is 29.4 Å². The van der Waals surface area contributed by atoms with E-state index in [4.69, 9.17) is 4.74 Å². The van der Waals surface area contributed by atoms with Crippen LogP contribution in [0, 0.1) is 0 Å². The quantitative estimate of drug-likeness (QED) is 0.781. The summed E-state index contributed by atoms with van der Waals surface area (Å²) >= 11 is 3.43. The molecule has 1 heterocycles. The van der Waals surface area contributed by atoms with Crippen LogP contribution in [0.5, 0.6) is 0 Å². The zero-order valence-corrected chi connectivity index (χ0v) is 15.5. The smallest absolute Gasteiger partial charge is 0.418 e. The highest BCUT2D eigenvalue weighted by Crippen LogP contribution is 2.22. The molecule has 4 nitrogen and oxygen atoms in total. The van der Waals surface area contributed by atoms with E-state index in [0.717, 1.165) is 15.4 Å². The van der Waals surface area contributed by atoms with Gasteiger partial charge in [0.05, 0.1) is 5.52 Å². The molecule has 1 aromatic heterocycles. The van der Waals surface area contributed by atoms with Gasteiger partial charge in [0.25, 0.3) is 0 Å². The average molecular weight is 370 g/mol. The van der Waals surface area contributed by atoms with Gasteiger partial charge in [-0.3, -0.25) is 4.57 Å². The summed E-state index contributed by atoms with van der Waals surface area (Å²) in [5.41, 5.74) is 0.165. The van der Waals surface area contributed by atoms with Gasteiger partial charge in [0.1, 0.15) is 5.60 Å². The second-order valence-corrected chi connectivity index (χ2v) is 11.2. The Morgan fingerprint density at radius 3 is 2.43 bits per heavy atom. The summed E-state index contributed by atoms with van der Waals surface area (Å²) in [6.45, 7) is 9.06. The average Bonchev–Trinajstić information content (AvgIpc) is 2.64. The van der Waals surface area contributed by atoms with Gasteiger partial charge in [0, 0.05) is 15.2 Å². The number of rotatable bonds is 1. The van der Waals surface area contributed by atoms with E-state index in [1.54, 1.807) is 13.1 Å². The van der Waals surface area contributed by atoms with E-state index in [1.165, 1.54) is 4.57 Å². The van der Waals surface area contributed by atoms with Gasteiger partial charge in [-0.1, -0.05) is 15.9 Å². The number of carbonyl (C=O) groups excluding carboxylic acids is 1. The van der Waals surface area contributed by atoms with Gasteiger partial charge >= 0.3 is 6.09 Å². The minimum atomic E-state index is -2.67. The topological polar surface area (TPSA) is 51.5 Å². The molecule has 1 N–H and O–H groups in total. The van der Waals surface area contributed by atoms with Crippen molar-refractivity contribution >= 4 is 46.6 Å². The zero-order chi connectivity index (χ0) is 16.0. The molecule has 0 aliphatic heterocycles. The van der Waals surface area contributed by atoms with Crippen molar-refractivity contribution < 1.29 is 14.3 Å². The number of benzene rings is 1. The summed E-state index contributed by atoms with van der Waals surface area (Å²) < 4.78 is 7.91. The summed E-state index contributed by atoms with van der Waals surface area (Å²) in [6.07, 6.45) is -0.454. The van der Waals surface area contributed by atoms with Gasteiger partial charge in [-0.25, -0.2) is 4.79 Å². The molecule has 0 radical (unpaired) electrons. The minimum absolute atomic E-state index is 0.454. The Balaban J connectivity index is 2.66. The molecule has 0 aliphatic carbocycles. The number of hydrogen-bond donors (Lipinski definition) is 1. The Morgan fingerprint density at radius 2 is 1.90 bits per heavy atom. The molecule has 0 spiro atoms. The lowest BCUT2D eigenvalue weighted by molar-refractivity contribution is 0.0548. The molecule has 0 aliphatic rings. The van der Waals surface area contributed by atoms with Crippen molar-refractivity contribution in [1.29, 1.82) is 0 Å². The highest BCUT2D eigenvalue weighted by atomic mass is 79.9. The number of ether oxygens (including phenoxy) is 1. The molecular weight excluding hydrogens is 350 g/mol. The molecule has 0 saturated heterocycles. The van der Waals surface area contributed by atoms with E-state index in [1.807, 2.05) is 45.0 Å². The van der Waals surface area contributed by atoms with Crippen molar-refractivity contribution in [2.24, 2.45) is 0 Å². The first kappa shape index (κ1) is 16.3. The van der Waals surface area contributed by atoms with Gasteiger partial charge in [0.15, 0.2) is 0 Å². The third-order valence-electron chi connectivity index (χ3n) is 2.97. The largest absolute Gasteiger partial charge is 0.443 e. The Kier molecular flexibility index (Phi) is 4.07. The first-order valence-corrected chi connectivity index (χ1v) is 10.5. The van der Waals surface area contributed by atoms with E-state index >= 15 is 0 Å². The van der Waals surface area contributed by atoms with Crippen molar-refractivity contribution in [3.8, 4) is 0 Å². The summed E-state index contributed by atoms with van der Waals surface area (Å²) in [5, 5.41) is 1.55. The second-order valence-electron chi connectivity index (χ2n) is 6.61. The molecule has 114 valence electrons. The van der Waals surface area contributed by atoms with Crippen LogP contribution >= 0.6 is 15.9 Å². The van der Waals surface area contributed by atoms with Crippen LogP contribution in [-0.2, 0) is 4.74 Å². The van der Waals surface area contributed by atoms with Gasteiger partial charge in [0.2, 0.25) is 8.32 Å². The van der Waals surface area contributed by atoms with Gasteiger partial charge in [-0.15, -0.1) is 0 Å². The first-order valence-electron chi connectivity index (χ1n) is 6.76. The van der Waals surface area contributed by atoms with Crippen LogP contribution in [0.25, 0.3) is 10.9 Å². The Bertz CT molecular complexity index is 695. The molecule has 0 atom stereocenters. The maximum absolute atomic E-state index is 12.5. The maximum Gasteiger partial charge on any atom is 0.418 e. The second kappa shape index (κ2) is 5.26. The molecule has 0 unspecified atom stereocenters. The van der Waals surface area contributed by atoms with Crippen LogP contribution in [0.1, 0.15) is 20.8 Å². The van der Waals surface area contributed by atoms with Crippen molar-refractivity contribution in [1.82, 2.24) is 4.57 Å². The Hall–Kier alpha value is -1.11. The summed E-state index contributed by atoms with van der Waals surface area (Å²) in [7, 11) is -2.67. The monoisotopic (exact) mass is 369 g/mol. The molecule has 0 saturated carbocycles. The molecule has 2 rings (SSSR count).